The van der Waals surface area contributed by atoms with Gasteiger partial charge in [-0.15, -0.1) is 0 Å². The zero-order valence-corrected chi connectivity index (χ0v) is 14.0. The predicted molar refractivity (Wildman–Crippen MR) is 93.4 cm³/mol. The van der Waals surface area contributed by atoms with Gasteiger partial charge in [-0.05, 0) is 55.3 Å². The molecular formula is C19H20N2O3. The molecule has 1 aliphatic heterocycles. The number of ether oxygens (including phenoxy) is 1. The van der Waals surface area contributed by atoms with E-state index < -0.39 is 5.41 Å². The number of hydrogen-bond donors (Lipinski definition) is 2. The minimum Gasteiger partial charge on any atom is -0.497 e. The molecule has 0 unspecified atom stereocenters. The van der Waals surface area contributed by atoms with Crippen LogP contribution in [-0.4, -0.2) is 18.9 Å². The van der Waals surface area contributed by atoms with Crippen LogP contribution < -0.4 is 15.4 Å². The van der Waals surface area contributed by atoms with Gasteiger partial charge in [0.2, 0.25) is 11.8 Å². The molecule has 5 heteroatoms. The van der Waals surface area contributed by atoms with E-state index in [1.807, 2.05) is 50.2 Å². The van der Waals surface area contributed by atoms with Crippen LogP contribution in [-0.2, 0) is 21.4 Å². The van der Waals surface area contributed by atoms with Gasteiger partial charge in [0.15, 0.2) is 0 Å². The van der Waals surface area contributed by atoms with Gasteiger partial charge in [0, 0.05) is 11.4 Å². The van der Waals surface area contributed by atoms with Gasteiger partial charge in [-0.25, -0.2) is 0 Å². The first kappa shape index (κ1) is 16.1. The Hall–Kier alpha value is -2.82. The number of fused-ring (bicyclic) bond motifs is 1. The predicted octanol–water partition coefficient (Wildman–Crippen LogP) is 3.11. The van der Waals surface area contributed by atoms with E-state index >= 15 is 0 Å². The maximum Gasteiger partial charge on any atom is 0.234 e. The first-order chi connectivity index (χ1) is 11.4. The minimum absolute atomic E-state index is 0.0285. The molecule has 3 rings (SSSR count). The van der Waals surface area contributed by atoms with Crippen molar-refractivity contribution >= 4 is 23.2 Å². The van der Waals surface area contributed by atoms with Crippen LogP contribution >= 0.6 is 0 Å². The van der Waals surface area contributed by atoms with Gasteiger partial charge in [0.05, 0.1) is 18.9 Å². The lowest BCUT2D eigenvalue weighted by atomic mass is 9.86. The summed E-state index contributed by atoms with van der Waals surface area (Å²) in [7, 11) is 1.61. The molecule has 1 heterocycles. The summed E-state index contributed by atoms with van der Waals surface area (Å²) >= 11 is 0. The summed E-state index contributed by atoms with van der Waals surface area (Å²) in [4.78, 5) is 24.2. The molecule has 0 radical (unpaired) electrons. The number of carbonyl (C=O) groups is 2. The summed E-state index contributed by atoms with van der Waals surface area (Å²) in [5.74, 6) is 0.631. The van der Waals surface area contributed by atoms with Crippen molar-refractivity contribution in [3.8, 4) is 5.75 Å². The van der Waals surface area contributed by atoms with Crippen LogP contribution in [0, 0.1) is 0 Å². The van der Waals surface area contributed by atoms with Crippen molar-refractivity contribution in [3.05, 3.63) is 53.6 Å². The summed E-state index contributed by atoms with van der Waals surface area (Å²) in [6, 6.07) is 12.9. The highest BCUT2D eigenvalue weighted by Crippen LogP contribution is 2.38. The SMILES string of the molecule is COc1ccc(CC(=O)Nc2ccc3c(c2)C(C)(C)C(=O)N3)cc1. The lowest BCUT2D eigenvalue weighted by Crippen LogP contribution is -2.27. The largest absolute Gasteiger partial charge is 0.497 e. The Labute approximate surface area is 141 Å². The molecule has 0 atom stereocenters. The molecule has 0 aromatic heterocycles. The first-order valence-corrected chi connectivity index (χ1v) is 7.79. The molecule has 5 nitrogen and oxygen atoms in total. The van der Waals surface area contributed by atoms with E-state index in [2.05, 4.69) is 10.6 Å². The van der Waals surface area contributed by atoms with E-state index in [4.69, 9.17) is 4.74 Å². The smallest absolute Gasteiger partial charge is 0.234 e. The van der Waals surface area contributed by atoms with Crippen LogP contribution in [0.2, 0.25) is 0 Å². The van der Waals surface area contributed by atoms with Gasteiger partial charge in [0.1, 0.15) is 5.75 Å². The Morgan fingerprint density at radius 1 is 1.17 bits per heavy atom. The van der Waals surface area contributed by atoms with Crippen LogP contribution in [0.25, 0.3) is 0 Å². The summed E-state index contributed by atoms with van der Waals surface area (Å²) in [6.07, 6.45) is 0.279. The number of methoxy groups -OCH3 is 1. The fourth-order valence-corrected chi connectivity index (χ4v) is 2.78. The monoisotopic (exact) mass is 324 g/mol. The first-order valence-electron chi connectivity index (χ1n) is 7.79. The van der Waals surface area contributed by atoms with E-state index in [1.165, 1.54) is 0 Å². The average molecular weight is 324 g/mol. The zero-order chi connectivity index (χ0) is 17.3. The highest BCUT2D eigenvalue weighted by Gasteiger charge is 2.38. The van der Waals surface area contributed by atoms with Crippen molar-refractivity contribution in [2.75, 3.05) is 17.7 Å². The number of nitrogens with one attached hydrogen (secondary N) is 2. The van der Waals surface area contributed by atoms with Crippen LogP contribution in [0.5, 0.6) is 5.75 Å². The molecule has 0 saturated carbocycles. The third kappa shape index (κ3) is 2.97. The molecule has 2 amide bonds. The normalized spacial score (nSPS) is 14.7. The van der Waals surface area contributed by atoms with Crippen molar-refractivity contribution in [2.45, 2.75) is 25.7 Å². The Balaban J connectivity index is 1.71. The molecule has 2 N–H and O–H groups in total. The molecule has 0 aliphatic carbocycles. The van der Waals surface area contributed by atoms with Gasteiger partial charge in [0.25, 0.3) is 0 Å². The summed E-state index contributed by atoms with van der Waals surface area (Å²) in [5, 5.41) is 5.75. The second-order valence-corrected chi connectivity index (χ2v) is 6.41. The van der Waals surface area contributed by atoms with Crippen LogP contribution in [0.4, 0.5) is 11.4 Å². The Morgan fingerprint density at radius 2 is 1.88 bits per heavy atom. The van der Waals surface area contributed by atoms with E-state index in [0.717, 1.165) is 22.6 Å². The van der Waals surface area contributed by atoms with Gasteiger partial charge in [-0.3, -0.25) is 9.59 Å². The number of anilines is 2. The van der Waals surface area contributed by atoms with Gasteiger partial charge in [-0.1, -0.05) is 12.1 Å². The van der Waals surface area contributed by atoms with E-state index in [1.54, 1.807) is 13.2 Å². The van der Waals surface area contributed by atoms with Crippen molar-refractivity contribution in [1.29, 1.82) is 0 Å². The minimum atomic E-state index is -0.591. The molecule has 124 valence electrons. The van der Waals surface area contributed by atoms with E-state index in [0.29, 0.717) is 5.69 Å². The molecule has 24 heavy (non-hydrogen) atoms. The van der Waals surface area contributed by atoms with Gasteiger partial charge < -0.3 is 15.4 Å². The Morgan fingerprint density at radius 3 is 2.54 bits per heavy atom. The summed E-state index contributed by atoms with van der Waals surface area (Å²) < 4.78 is 5.11. The van der Waals surface area contributed by atoms with Crippen LogP contribution in [0.1, 0.15) is 25.0 Å². The van der Waals surface area contributed by atoms with Gasteiger partial charge >= 0.3 is 0 Å². The van der Waals surface area contributed by atoms with Crippen LogP contribution in [0.15, 0.2) is 42.5 Å². The quantitative estimate of drug-likeness (QED) is 0.908. The number of amides is 2. The Kier molecular flexibility index (Phi) is 4.01. The number of benzene rings is 2. The third-order valence-corrected chi connectivity index (χ3v) is 4.32. The fraction of sp³-hybridized carbons (Fsp3) is 0.263. The van der Waals surface area contributed by atoms with Crippen molar-refractivity contribution in [3.63, 3.8) is 0 Å². The second kappa shape index (κ2) is 6.00. The maximum absolute atomic E-state index is 12.2. The molecule has 0 bridgehead atoms. The standard InChI is InChI=1S/C19H20N2O3/c1-19(2)15-11-13(6-9-16(15)21-18(19)23)20-17(22)10-12-4-7-14(24-3)8-5-12/h4-9,11H,10H2,1-3H3,(H,20,22)(H,21,23). The number of rotatable bonds is 4. The second-order valence-electron chi connectivity index (χ2n) is 6.41. The lowest BCUT2D eigenvalue weighted by molar-refractivity contribution is -0.119. The zero-order valence-electron chi connectivity index (χ0n) is 14.0. The number of hydrogen-bond acceptors (Lipinski definition) is 3. The number of carbonyl (C=O) groups excluding carboxylic acids is 2. The summed E-state index contributed by atoms with van der Waals surface area (Å²) in [6.45, 7) is 3.74. The van der Waals surface area contributed by atoms with Crippen molar-refractivity contribution < 1.29 is 14.3 Å². The van der Waals surface area contributed by atoms with Gasteiger partial charge in [-0.2, -0.15) is 0 Å². The molecule has 0 fully saturated rings. The maximum atomic E-state index is 12.2. The van der Waals surface area contributed by atoms with E-state index in [-0.39, 0.29) is 18.2 Å². The van der Waals surface area contributed by atoms with Crippen molar-refractivity contribution in [2.24, 2.45) is 0 Å². The molecule has 0 saturated heterocycles. The molecule has 2 aromatic carbocycles. The molecule has 0 spiro atoms. The average Bonchev–Trinajstić information content (AvgIpc) is 2.78. The highest BCUT2D eigenvalue weighted by atomic mass is 16.5. The van der Waals surface area contributed by atoms with Crippen LogP contribution in [0.3, 0.4) is 0 Å². The lowest BCUT2D eigenvalue weighted by Gasteiger charge is -2.16. The topological polar surface area (TPSA) is 67.4 Å². The highest BCUT2D eigenvalue weighted by molar-refractivity contribution is 6.06. The molecular weight excluding hydrogens is 304 g/mol. The molecule has 2 aromatic rings. The Bertz CT molecular complexity index is 795. The van der Waals surface area contributed by atoms with Crippen molar-refractivity contribution in [1.82, 2.24) is 0 Å². The third-order valence-electron chi connectivity index (χ3n) is 4.32. The summed E-state index contributed by atoms with van der Waals surface area (Å²) in [5.41, 5.74) is 2.71. The molecule has 1 aliphatic rings. The van der Waals surface area contributed by atoms with E-state index in [9.17, 15) is 9.59 Å². The fourth-order valence-electron chi connectivity index (χ4n) is 2.78.